The third kappa shape index (κ3) is 3.62. The number of allylic oxidation sites excluding steroid dienone is 1. The predicted molar refractivity (Wildman–Crippen MR) is 52.2 cm³/mol. The minimum absolute atomic E-state index is 0.0527. The third-order valence-corrected chi connectivity index (χ3v) is 1.63. The number of carbonyl (C=O) groups excluding carboxylic acids is 1. The van der Waals surface area contributed by atoms with Gasteiger partial charge in [-0.3, -0.25) is 0 Å². The van der Waals surface area contributed by atoms with Crippen LogP contribution in [-0.2, 0) is 9.53 Å². The molecule has 0 bridgehead atoms. The molecule has 0 radical (unpaired) electrons. The van der Waals surface area contributed by atoms with E-state index >= 15 is 0 Å². The summed E-state index contributed by atoms with van der Waals surface area (Å²) in [7, 11) is 0. The van der Waals surface area contributed by atoms with Crippen molar-refractivity contribution in [3.05, 3.63) is 11.3 Å². The number of nitriles is 1. The summed E-state index contributed by atoms with van der Waals surface area (Å²) in [6, 6.07) is 1.39. The standard InChI is InChI=1S/C7H6Cl3NO3/c1-2-14-6(13)4(3-11)5(12)7(8,9)10/h12H,2H2,1H3. The fraction of sp³-hybridized carbons (Fsp3) is 0.429. The van der Waals surface area contributed by atoms with Gasteiger partial charge < -0.3 is 9.84 Å². The average molecular weight is 258 g/mol. The number of ether oxygens (including phenoxy) is 1. The Morgan fingerprint density at radius 3 is 2.36 bits per heavy atom. The van der Waals surface area contributed by atoms with Crippen LogP contribution in [0.2, 0.25) is 0 Å². The lowest BCUT2D eigenvalue weighted by Gasteiger charge is -2.10. The molecule has 0 saturated heterocycles. The monoisotopic (exact) mass is 257 g/mol. The highest BCUT2D eigenvalue weighted by atomic mass is 35.6. The van der Waals surface area contributed by atoms with Gasteiger partial charge in [-0.05, 0) is 6.92 Å². The van der Waals surface area contributed by atoms with Gasteiger partial charge in [0.15, 0.2) is 11.3 Å². The molecule has 0 aliphatic heterocycles. The molecule has 0 aromatic heterocycles. The second-order valence-corrected chi connectivity index (χ2v) is 4.33. The number of carbonyl (C=O) groups is 1. The Morgan fingerprint density at radius 1 is 1.57 bits per heavy atom. The molecule has 0 unspecified atom stereocenters. The minimum Gasteiger partial charge on any atom is -0.506 e. The highest BCUT2D eigenvalue weighted by Crippen LogP contribution is 2.34. The molecule has 0 aliphatic rings. The summed E-state index contributed by atoms with van der Waals surface area (Å²) in [6.45, 7) is 1.59. The third-order valence-electron chi connectivity index (χ3n) is 1.10. The molecule has 78 valence electrons. The van der Waals surface area contributed by atoms with Gasteiger partial charge in [0.2, 0.25) is 3.79 Å². The lowest BCUT2D eigenvalue weighted by atomic mass is 10.2. The maximum Gasteiger partial charge on any atom is 0.352 e. The number of rotatable bonds is 2. The molecule has 0 aliphatic carbocycles. The zero-order valence-corrected chi connectivity index (χ0v) is 9.32. The largest absolute Gasteiger partial charge is 0.506 e. The lowest BCUT2D eigenvalue weighted by molar-refractivity contribution is -0.138. The quantitative estimate of drug-likeness (QED) is 0.271. The van der Waals surface area contributed by atoms with Crippen molar-refractivity contribution in [2.75, 3.05) is 6.61 Å². The molecule has 0 saturated carbocycles. The van der Waals surface area contributed by atoms with Crippen LogP contribution >= 0.6 is 34.8 Å². The number of aliphatic hydroxyl groups is 1. The molecule has 0 rings (SSSR count). The van der Waals surface area contributed by atoms with E-state index in [4.69, 9.17) is 40.1 Å². The summed E-state index contributed by atoms with van der Waals surface area (Å²) < 4.78 is 2.25. The molecular weight excluding hydrogens is 252 g/mol. The maximum absolute atomic E-state index is 11.0. The summed E-state index contributed by atoms with van der Waals surface area (Å²) in [6.07, 6.45) is 0. The first-order valence-corrected chi connectivity index (χ1v) is 4.55. The zero-order valence-electron chi connectivity index (χ0n) is 7.05. The normalized spacial score (nSPS) is 12.8. The van der Waals surface area contributed by atoms with Crippen LogP contribution in [0.3, 0.4) is 0 Å². The highest BCUT2D eigenvalue weighted by Gasteiger charge is 2.32. The van der Waals surface area contributed by atoms with Gasteiger partial charge in [-0.25, -0.2) is 4.79 Å². The van der Waals surface area contributed by atoms with E-state index in [2.05, 4.69) is 4.74 Å². The van der Waals surface area contributed by atoms with Crippen LogP contribution in [0.1, 0.15) is 6.92 Å². The molecular formula is C7H6Cl3NO3. The molecule has 0 heterocycles. The summed E-state index contributed by atoms with van der Waals surface area (Å²) in [5.74, 6) is -1.97. The number of hydrogen-bond acceptors (Lipinski definition) is 4. The van der Waals surface area contributed by atoms with Crippen LogP contribution < -0.4 is 0 Å². The fourth-order valence-electron chi connectivity index (χ4n) is 0.540. The molecule has 14 heavy (non-hydrogen) atoms. The summed E-state index contributed by atoms with van der Waals surface area (Å²) in [4.78, 5) is 11.0. The molecule has 0 spiro atoms. The van der Waals surface area contributed by atoms with Crippen LogP contribution in [0.15, 0.2) is 11.3 Å². The van der Waals surface area contributed by atoms with E-state index in [-0.39, 0.29) is 6.61 Å². The smallest absolute Gasteiger partial charge is 0.352 e. The molecule has 7 heteroatoms. The Hall–Kier alpha value is -0.630. The maximum atomic E-state index is 11.0. The molecule has 0 amide bonds. The van der Waals surface area contributed by atoms with E-state index in [0.29, 0.717) is 0 Å². The number of nitrogens with zero attached hydrogens (tertiary/aromatic N) is 1. The molecule has 0 atom stereocenters. The van der Waals surface area contributed by atoms with Crippen molar-refractivity contribution < 1.29 is 14.6 Å². The van der Waals surface area contributed by atoms with Crippen LogP contribution in [0.25, 0.3) is 0 Å². The van der Waals surface area contributed by atoms with E-state index in [1.54, 1.807) is 6.92 Å². The van der Waals surface area contributed by atoms with Crippen LogP contribution in [0.5, 0.6) is 0 Å². The van der Waals surface area contributed by atoms with E-state index in [1.165, 1.54) is 6.07 Å². The number of alkyl halides is 3. The van der Waals surface area contributed by atoms with Crippen molar-refractivity contribution in [1.29, 1.82) is 5.26 Å². The van der Waals surface area contributed by atoms with Crippen LogP contribution in [0.4, 0.5) is 0 Å². The van der Waals surface area contributed by atoms with E-state index in [0.717, 1.165) is 0 Å². The second-order valence-electron chi connectivity index (χ2n) is 2.05. The van der Waals surface area contributed by atoms with Crippen molar-refractivity contribution in [2.45, 2.75) is 10.7 Å². The van der Waals surface area contributed by atoms with E-state index in [1.807, 2.05) is 0 Å². The molecule has 0 aromatic carbocycles. The van der Waals surface area contributed by atoms with Crippen molar-refractivity contribution in [1.82, 2.24) is 0 Å². The highest BCUT2D eigenvalue weighted by molar-refractivity contribution is 6.69. The summed E-state index contributed by atoms with van der Waals surface area (Å²) in [5.41, 5.74) is -0.716. The minimum atomic E-state index is -2.21. The van der Waals surface area contributed by atoms with Crippen molar-refractivity contribution >= 4 is 40.8 Å². The van der Waals surface area contributed by atoms with Gasteiger partial charge in [0.1, 0.15) is 6.07 Å². The average Bonchev–Trinajstić information content (AvgIpc) is 2.04. The van der Waals surface area contributed by atoms with Crippen molar-refractivity contribution in [3.8, 4) is 6.07 Å². The van der Waals surface area contributed by atoms with Crippen LogP contribution in [-0.4, -0.2) is 21.5 Å². The molecule has 4 nitrogen and oxygen atoms in total. The Labute approximate surface area is 95.6 Å². The predicted octanol–water partition coefficient (Wildman–Crippen LogP) is 2.26. The van der Waals surface area contributed by atoms with Gasteiger partial charge in [0.05, 0.1) is 6.61 Å². The first kappa shape index (κ1) is 13.4. The topological polar surface area (TPSA) is 70.3 Å². The van der Waals surface area contributed by atoms with Gasteiger partial charge in [0.25, 0.3) is 0 Å². The Morgan fingerprint density at radius 2 is 2.07 bits per heavy atom. The number of esters is 1. The number of halogens is 3. The summed E-state index contributed by atoms with van der Waals surface area (Å²) in [5, 5.41) is 17.7. The van der Waals surface area contributed by atoms with Gasteiger partial charge >= 0.3 is 5.97 Å². The Balaban J connectivity index is 5.08. The van der Waals surface area contributed by atoms with E-state index in [9.17, 15) is 9.90 Å². The van der Waals surface area contributed by atoms with Crippen molar-refractivity contribution in [3.63, 3.8) is 0 Å². The number of aliphatic hydroxyl groups excluding tert-OH is 1. The van der Waals surface area contributed by atoms with Crippen molar-refractivity contribution in [2.24, 2.45) is 0 Å². The zero-order chi connectivity index (χ0) is 11.4. The number of hydrogen-bond donors (Lipinski definition) is 1. The van der Waals surface area contributed by atoms with E-state index < -0.39 is 21.1 Å². The second kappa shape index (κ2) is 5.30. The summed E-state index contributed by atoms with van der Waals surface area (Å²) >= 11 is 15.8. The SMILES string of the molecule is CCOC(=O)C(C#N)=C(O)C(Cl)(Cl)Cl. The Kier molecular flexibility index (Phi) is 5.06. The van der Waals surface area contributed by atoms with Gasteiger partial charge in [-0.15, -0.1) is 0 Å². The van der Waals surface area contributed by atoms with Gasteiger partial charge in [0, 0.05) is 0 Å². The fourth-order valence-corrected chi connectivity index (χ4v) is 0.824. The lowest BCUT2D eigenvalue weighted by Crippen LogP contribution is -2.16. The Bertz CT molecular complexity index is 300. The molecule has 0 fully saturated rings. The van der Waals surface area contributed by atoms with Crippen LogP contribution in [0, 0.1) is 11.3 Å². The van der Waals surface area contributed by atoms with Gasteiger partial charge in [-0.1, -0.05) is 34.8 Å². The molecule has 0 aromatic rings. The van der Waals surface area contributed by atoms with Gasteiger partial charge in [-0.2, -0.15) is 5.26 Å². The molecule has 1 N–H and O–H groups in total. The first-order chi connectivity index (χ1) is 6.34. The first-order valence-electron chi connectivity index (χ1n) is 3.42.